The van der Waals surface area contributed by atoms with Crippen molar-refractivity contribution in [2.45, 2.75) is 70.9 Å². The molecule has 1 fully saturated rings. The van der Waals surface area contributed by atoms with Crippen molar-refractivity contribution in [1.82, 2.24) is 5.32 Å². The molecule has 4 atom stereocenters. The van der Waals surface area contributed by atoms with E-state index in [9.17, 15) is 0 Å². The van der Waals surface area contributed by atoms with Crippen molar-refractivity contribution in [1.29, 1.82) is 0 Å². The molecule has 2 rings (SSSR count). The second-order valence-electron chi connectivity index (χ2n) is 6.25. The van der Waals surface area contributed by atoms with Gasteiger partial charge >= 0.3 is 0 Å². The fourth-order valence-corrected chi connectivity index (χ4v) is 3.29. The Morgan fingerprint density at radius 3 is 2.47 bits per heavy atom. The van der Waals surface area contributed by atoms with Crippen LogP contribution in [-0.2, 0) is 0 Å². The monoisotopic (exact) mass is 259 g/mol. The van der Waals surface area contributed by atoms with Crippen molar-refractivity contribution in [3.05, 3.63) is 35.9 Å². The van der Waals surface area contributed by atoms with Gasteiger partial charge in [0.15, 0.2) is 0 Å². The minimum atomic E-state index is 0.624. The van der Waals surface area contributed by atoms with Crippen LogP contribution < -0.4 is 5.32 Å². The Bertz CT molecular complexity index is 359. The van der Waals surface area contributed by atoms with Crippen LogP contribution in [0.3, 0.4) is 0 Å². The molecular formula is C18H29N. The van der Waals surface area contributed by atoms with Crippen LogP contribution in [0.5, 0.6) is 0 Å². The maximum Gasteiger partial charge on any atom is 0.0138 e. The van der Waals surface area contributed by atoms with Crippen LogP contribution in [-0.4, -0.2) is 12.1 Å². The van der Waals surface area contributed by atoms with Crippen molar-refractivity contribution in [2.75, 3.05) is 0 Å². The van der Waals surface area contributed by atoms with Crippen molar-refractivity contribution in [2.24, 2.45) is 5.92 Å². The van der Waals surface area contributed by atoms with Gasteiger partial charge in [-0.15, -0.1) is 0 Å². The van der Waals surface area contributed by atoms with E-state index >= 15 is 0 Å². The van der Waals surface area contributed by atoms with Gasteiger partial charge in [0, 0.05) is 12.1 Å². The van der Waals surface area contributed by atoms with E-state index in [2.05, 4.69) is 56.4 Å². The normalized spacial score (nSPS) is 26.9. The lowest BCUT2D eigenvalue weighted by atomic mass is 9.79. The molecule has 1 aliphatic rings. The zero-order valence-corrected chi connectivity index (χ0v) is 12.7. The summed E-state index contributed by atoms with van der Waals surface area (Å²) in [5, 5.41) is 3.92. The van der Waals surface area contributed by atoms with E-state index in [1.54, 1.807) is 0 Å². The summed E-state index contributed by atoms with van der Waals surface area (Å²) in [5.41, 5.74) is 1.52. The van der Waals surface area contributed by atoms with Crippen LogP contribution in [0.4, 0.5) is 0 Å². The highest BCUT2D eigenvalue weighted by molar-refractivity contribution is 5.22. The fourth-order valence-electron chi connectivity index (χ4n) is 3.29. The molecule has 0 bridgehead atoms. The Labute approximate surface area is 118 Å². The molecule has 1 aromatic carbocycles. The Morgan fingerprint density at radius 1 is 1.11 bits per heavy atom. The van der Waals surface area contributed by atoms with Gasteiger partial charge in [-0.25, -0.2) is 0 Å². The lowest BCUT2D eigenvalue weighted by Crippen LogP contribution is -2.44. The molecule has 1 aromatic rings. The van der Waals surface area contributed by atoms with Gasteiger partial charge in [-0.3, -0.25) is 0 Å². The highest BCUT2D eigenvalue weighted by Crippen LogP contribution is 2.33. The van der Waals surface area contributed by atoms with Crippen molar-refractivity contribution < 1.29 is 0 Å². The molecule has 19 heavy (non-hydrogen) atoms. The van der Waals surface area contributed by atoms with Crippen LogP contribution in [0.25, 0.3) is 0 Å². The summed E-state index contributed by atoms with van der Waals surface area (Å²) < 4.78 is 0. The molecule has 106 valence electrons. The number of hydrogen-bond acceptors (Lipinski definition) is 1. The van der Waals surface area contributed by atoms with Crippen LogP contribution >= 0.6 is 0 Å². The summed E-state index contributed by atoms with van der Waals surface area (Å²) in [6.07, 6.45) is 6.70. The topological polar surface area (TPSA) is 12.0 Å². The van der Waals surface area contributed by atoms with Crippen LogP contribution in [0.1, 0.15) is 64.4 Å². The summed E-state index contributed by atoms with van der Waals surface area (Å²) in [7, 11) is 0. The van der Waals surface area contributed by atoms with Crippen molar-refractivity contribution >= 4 is 0 Å². The molecule has 0 amide bonds. The SMILES string of the molecule is CCC(C)C(C)NC1CCCCC1c1ccccc1. The average molecular weight is 259 g/mol. The number of benzene rings is 1. The molecule has 0 radical (unpaired) electrons. The first-order chi connectivity index (χ1) is 9.22. The van der Waals surface area contributed by atoms with E-state index in [1.807, 2.05) is 0 Å². The Morgan fingerprint density at radius 2 is 1.79 bits per heavy atom. The van der Waals surface area contributed by atoms with Gasteiger partial charge in [0.25, 0.3) is 0 Å². The summed E-state index contributed by atoms with van der Waals surface area (Å²) in [6.45, 7) is 7.00. The van der Waals surface area contributed by atoms with E-state index in [4.69, 9.17) is 0 Å². The predicted octanol–water partition coefficient (Wildman–Crippen LogP) is 4.74. The zero-order valence-electron chi connectivity index (χ0n) is 12.7. The molecule has 1 nitrogen and oxygen atoms in total. The van der Waals surface area contributed by atoms with E-state index in [0.717, 1.165) is 5.92 Å². The van der Waals surface area contributed by atoms with Crippen molar-refractivity contribution in [3.8, 4) is 0 Å². The Hall–Kier alpha value is -0.820. The molecule has 1 heteroatoms. The predicted molar refractivity (Wildman–Crippen MR) is 83.5 cm³/mol. The van der Waals surface area contributed by atoms with Gasteiger partial charge in [-0.05, 0) is 37.2 Å². The lowest BCUT2D eigenvalue weighted by molar-refractivity contribution is 0.270. The largest absolute Gasteiger partial charge is 0.311 e. The van der Waals surface area contributed by atoms with Gasteiger partial charge in [0.1, 0.15) is 0 Å². The summed E-state index contributed by atoms with van der Waals surface area (Å²) in [6, 6.07) is 12.4. The molecule has 0 aliphatic heterocycles. The third-order valence-electron chi connectivity index (χ3n) is 4.97. The van der Waals surface area contributed by atoms with Crippen LogP contribution in [0.2, 0.25) is 0 Å². The molecule has 1 aliphatic carbocycles. The van der Waals surface area contributed by atoms with Gasteiger partial charge in [0.2, 0.25) is 0 Å². The summed E-state index contributed by atoms with van der Waals surface area (Å²) >= 11 is 0. The fraction of sp³-hybridized carbons (Fsp3) is 0.667. The maximum absolute atomic E-state index is 3.92. The van der Waals surface area contributed by atoms with Crippen LogP contribution in [0, 0.1) is 5.92 Å². The molecule has 1 saturated carbocycles. The smallest absolute Gasteiger partial charge is 0.0138 e. The highest BCUT2D eigenvalue weighted by atomic mass is 15.0. The second kappa shape index (κ2) is 7.09. The number of hydrogen-bond donors (Lipinski definition) is 1. The van der Waals surface area contributed by atoms with Gasteiger partial charge in [-0.2, -0.15) is 0 Å². The molecular weight excluding hydrogens is 230 g/mol. The Balaban J connectivity index is 2.04. The average Bonchev–Trinajstić information content (AvgIpc) is 2.47. The van der Waals surface area contributed by atoms with E-state index in [1.165, 1.54) is 37.7 Å². The van der Waals surface area contributed by atoms with Gasteiger partial charge < -0.3 is 5.32 Å². The first kappa shape index (κ1) is 14.6. The molecule has 0 aromatic heterocycles. The first-order valence-corrected chi connectivity index (χ1v) is 8.03. The number of rotatable bonds is 5. The van der Waals surface area contributed by atoms with Gasteiger partial charge in [0.05, 0.1) is 0 Å². The minimum Gasteiger partial charge on any atom is -0.311 e. The molecule has 0 heterocycles. The lowest BCUT2D eigenvalue weighted by Gasteiger charge is -2.36. The molecule has 0 saturated heterocycles. The first-order valence-electron chi connectivity index (χ1n) is 8.03. The maximum atomic E-state index is 3.92. The number of nitrogens with one attached hydrogen (secondary N) is 1. The second-order valence-corrected chi connectivity index (χ2v) is 6.25. The highest BCUT2D eigenvalue weighted by Gasteiger charge is 2.28. The minimum absolute atomic E-state index is 0.624. The zero-order chi connectivity index (χ0) is 13.7. The third-order valence-corrected chi connectivity index (χ3v) is 4.97. The van der Waals surface area contributed by atoms with E-state index in [-0.39, 0.29) is 0 Å². The Kier molecular flexibility index (Phi) is 5.45. The van der Waals surface area contributed by atoms with E-state index < -0.39 is 0 Å². The standard InChI is InChI=1S/C18H29N/c1-4-14(2)15(3)19-18-13-9-8-12-17(18)16-10-6-5-7-11-16/h5-7,10-11,14-15,17-19H,4,8-9,12-13H2,1-3H3. The molecule has 1 N–H and O–H groups in total. The molecule has 0 spiro atoms. The summed E-state index contributed by atoms with van der Waals surface area (Å²) in [5.74, 6) is 1.47. The van der Waals surface area contributed by atoms with Gasteiger partial charge in [-0.1, -0.05) is 63.4 Å². The third kappa shape index (κ3) is 3.82. The van der Waals surface area contributed by atoms with E-state index in [0.29, 0.717) is 18.0 Å². The summed E-state index contributed by atoms with van der Waals surface area (Å²) in [4.78, 5) is 0. The molecule has 4 unspecified atom stereocenters. The van der Waals surface area contributed by atoms with Crippen LogP contribution in [0.15, 0.2) is 30.3 Å². The van der Waals surface area contributed by atoms with Crippen molar-refractivity contribution in [3.63, 3.8) is 0 Å². The quantitative estimate of drug-likeness (QED) is 0.805.